The highest BCUT2D eigenvalue weighted by Gasteiger charge is 2.07. The Labute approximate surface area is 122 Å². The normalized spacial score (nSPS) is 10.8. The molecule has 2 aromatic rings. The first-order valence-electron chi connectivity index (χ1n) is 6.01. The van der Waals surface area contributed by atoms with Gasteiger partial charge in [-0.15, -0.1) is 0 Å². The van der Waals surface area contributed by atoms with Crippen molar-refractivity contribution in [3.63, 3.8) is 0 Å². The van der Waals surface area contributed by atoms with Crippen LogP contribution in [0.1, 0.15) is 16.7 Å². The van der Waals surface area contributed by atoms with E-state index in [-0.39, 0.29) is 22.8 Å². The second-order valence-electron chi connectivity index (χ2n) is 4.46. The zero-order chi connectivity index (χ0) is 14.7. The summed E-state index contributed by atoms with van der Waals surface area (Å²) in [5.41, 5.74) is 2.26. The molecule has 4 heteroatoms. The molecule has 2 aromatic carbocycles. The molecule has 0 aliphatic heterocycles. The monoisotopic (exact) mass is 286 g/mol. The van der Waals surface area contributed by atoms with Gasteiger partial charge in [0, 0.05) is 17.0 Å². The molecule has 0 unspecified atom stereocenters. The van der Waals surface area contributed by atoms with Gasteiger partial charge in [-0.3, -0.25) is 0 Å². The van der Waals surface area contributed by atoms with Crippen LogP contribution >= 0.6 is 12.2 Å². The molecule has 0 aliphatic rings. The fraction of sp³-hybridized carbons (Fsp3) is 0.0625. The van der Waals surface area contributed by atoms with Crippen LogP contribution in [0.5, 0.6) is 17.2 Å². The van der Waals surface area contributed by atoms with Gasteiger partial charge in [-0.25, -0.2) is 0 Å². The van der Waals surface area contributed by atoms with Crippen molar-refractivity contribution in [2.45, 2.75) is 6.92 Å². The fourth-order valence-corrected chi connectivity index (χ4v) is 1.96. The summed E-state index contributed by atoms with van der Waals surface area (Å²) in [6, 6.07) is 10.1. The number of phenolic OH excluding ortho intramolecular Hbond substituents is 3. The molecule has 0 amide bonds. The molecule has 0 aliphatic carbocycles. The Balaban J connectivity index is 2.25. The van der Waals surface area contributed by atoms with Crippen LogP contribution in [0.15, 0.2) is 42.5 Å². The van der Waals surface area contributed by atoms with Gasteiger partial charge in [-0.05, 0) is 24.6 Å². The highest BCUT2D eigenvalue weighted by atomic mass is 32.1. The molecule has 102 valence electrons. The average Bonchev–Trinajstić information content (AvgIpc) is 2.38. The summed E-state index contributed by atoms with van der Waals surface area (Å²) >= 11 is 5.28. The molecule has 0 atom stereocenters. The van der Waals surface area contributed by atoms with Crippen LogP contribution in [0, 0.1) is 6.92 Å². The van der Waals surface area contributed by atoms with Crippen LogP contribution in [-0.4, -0.2) is 20.2 Å². The van der Waals surface area contributed by atoms with Gasteiger partial charge in [0.2, 0.25) is 0 Å². The van der Waals surface area contributed by atoms with Gasteiger partial charge in [0.05, 0.1) is 5.56 Å². The number of thiocarbonyl (C=S) groups is 1. The van der Waals surface area contributed by atoms with Crippen molar-refractivity contribution in [2.75, 3.05) is 0 Å². The molecule has 2 rings (SSSR count). The summed E-state index contributed by atoms with van der Waals surface area (Å²) in [7, 11) is 0. The highest BCUT2D eigenvalue weighted by Crippen LogP contribution is 2.32. The number of benzene rings is 2. The van der Waals surface area contributed by atoms with Crippen molar-refractivity contribution in [1.29, 1.82) is 0 Å². The maximum atomic E-state index is 9.68. The Kier molecular flexibility index (Phi) is 4.05. The first-order valence-corrected chi connectivity index (χ1v) is 6.42. The van der Waals surface area contributed by atoms with Gasteiger partial charge in [-0.2, -0.15) is 0 Å². The zero-order valence-electron chi connectivity index (χ0n) is 10.9. The van der Waals surface area contributed by atoms with E-state index >= 15 is 0 Å². The van der Waals surface area contributed by atoms with Crippen molar-refractivity contribution in [2.24, 2.45) is 0 Å². The van der Waals surface area contributed by atoms with Crippen molar-refractivity contribution >= 4 is 23.2 Å². The smallest absolute Gasteiger partial charge is 0.130 e. The molecule has 0 saturated heterocycles. The van der Waals surface area contributed by atoms with E-state index in [2.05, 4.69) is 0 Å². The Morgan fingerprint density at radius 2 is 1.55 bits per heavy atom. The van der Waals surface area contributed by atoms with Crippen LogP contribution in [0.4, 0.5) is 0 Å². The molecule has 20 heavy (non-hydrogen) atoms. The van der Waals surface area contributed by atoms with E-state index in [0.29, 0.717) is 4.86 Å². The highest BCUT2D eigenvalue weighted by molar-refractivity contribution is 7.81. The van der Waals surface area contributed by atoms with Gasteiger partial charge >= 0.3 is 0 Å². The lowest BCUT2D eigenvalue weighted by Crippen LogP contribution is -1.92. The molecule has 0 saturated carbocycles. The molecule has 0 fully saturated rings. The van der Waals surface area contributed by atoms with Crippen LogP contribution in [0.3, 0.4) is 0 Å². The largest absolute Gasteiger partial charge is 0.508 e. The van der Waals surface area contributed by atoms with E-state index in [1.807, 2.05) is 31.2 Å². The first kappa shape index (κ1) is 14.1. The van der Waals surface area contributed by atoms with E-state index in [1.165, 1.54) is 6.08 Å². The number of aromatic hydroxyl groups is 3. The third-order valence-electron chi connectivity index (χ3n) is 2.86. The summed E-state index contributed by atoms with van der Waals surface area (Å²) in [6.45, 7) is 2.00. The average molecular weight is 286 g/mol. The number of aryl methyl sites for hydroxylation is 1. The van der Waals surface area contributed by atoms with Crippen molar-refractivity contribution in [1.82, 2.24) is 0 Å². The summed E-state index contributed by atoms with van der Waals surface area (Å²) in [5.74, 6) is -0.603. The molecule has 3 nitrogen and oxygen atoms in total. The lowest BCUT2D eigenvalue weighted by molar-refractivity contribution is 0.426. The first-order chi connectivity index (χ1) is 9.47. The van der Waals surface area contributed by atoms with Gasteiger partial charge in [0.25, 0.3) is 0 Å². The second-order valence-corrected chi connectivity index (χ2v) is 4.90. The number of allylic oxidation sites excluding steroid dienone is 1. The molecule has 0 aromatic heterocycles. The lowest BCUT2D eigenvalue weighted by Gasteiger charge is -2.04. The third-order valence-corrected chi connectivity index (χ3v) is 3.23. The maximum Gasteiger partial charge on any atom is 0.130 e. The Bertz CT molecular complexity index is 650. The molecule has 0 radical (unpaired) electrons. The Morgan fingerprint density at radius 1 is 1.00 bits per heavy atom. The SMILES string of the molecule is Cc1ccc(C(=S)C=Cc2c(O)cc(O)cc2O)cc1. The summed E-state index contributed by atoms with van der Waals surface area (Å²) < 4.78 is 0. The minimum Gasteiger partial charge on any atom is -0.508 e. The molecule has 0 heterocycles. The minimum atomic E-state index is -0.203. The van der Waals surface area contributed by atoms with Crippen molar-refractivity contribution in [3.05, 3.63) is 59.2 Å². The van der Waals surface area contributed by atoms with Gasteiger partial charge in [0.1, 0.15) is 17.2 Å². The van der Waals surface area contributed by atoms with E-state index in [4.69, 9.17) is 12.2 Å². The number of hydrogen-bond donors (Lipinski definition) is 3. The van der Waals surface area contributed by atoms with Crippen LogP contribution in [0.25, 0.3) is 6.08 Å². The molecular weight excluding hydrogens is 272 g/mol. The molecule has 0 spiro atoms. The van der Waals surface area contributed by atoms with Crippen LogP contribution < -0.4 is 0 Å². The quantitative estimate of drug-likeness (QED) is 0.459. The summed E-state index contributed by atoms with van der Waals surface area (Å²) in [6.07, 6.45) is 3.15. The zero-order valence-corrected chi connectivity index (χ0v) is 11.7. The predicted octanol–water partition coefficient (Wildman–Crippen LogP) is 3.54. The van der Waals surface area contributed by atoms with E-state index in [1.54, 1.807) is 6.08 Å². The third kappa shape index (κ3) is 3.16. The van der Waals surface area contributed by atoms with Crippen LogP contribution in [-0.2, 0) is 0 Å². The van der Waals surface area contributed by atoms with Gasteiger partial charge in [0.15, 0.2) is 0 Å². The van der Waals surface area contributed by atoms with E-state index in [0.717, 1.165) is 23.3 Å². The van der Waals surface area contributed by atoms with Crippen LogP contribution in [0.2, 0.25) is 0 Å². The fourth-order valence-electron chi connectivity index (χ4n) is 1.75. The Morgan fingerprint density at radius 3 is 2.10 bits per heavy atom. The summed E-state index contributed by atoms with van der Waals surface area (Å²) in [5, 5.41) is 28.6. The van der Waals surface area contributed by atoms with Crippen molar-refractivity contribution in [3.8, 4) is 17.2 Å². The topological polar surface area (TPSA) is 60.7 Å². The van der Waals surface area contributed by atoms with Gasteiger partial charge in [-0.1, -0.05) is 42.0 Å². The predicted molar refractivity (Wildman–Crippen MR) is 83.3 cm³/mol. The number of hydrogen-bond acceptors (Lipinski definition) is 4. The van der Waals surface area contributed by atoms with E-state index < -0.39 is 0 Å². The molecule has 0 bridgehead atoms. The lowest BCUT2D eigenvalue weighted by atomic mass is 10.1. The van der Waals surface area contributed by atoms with Gasteiger partial charge < -0.3 is 15.3 Å². The van der Waals surface area contributed by atoms with E-state index in [9.17, 15) is 15.3 Å². The Hall–Kier alpha value is -2.33. The molecular formula is C16H14O3S. The minimum absolute atomic E-state index is 0.196. The number of rotatable bonds is 3. The summed E-state index contributed by atoms with van der Waals surface area (Å²) in [4.78, 5) is 0.594. The standard InChI is InChI=1S/C16H14O3S/c1-10-2-4-11(5-3-10)16(20)7-6-13-14(18)8-12(17)9-15(13)19/h2-9,17-19H,1H3. The molecule has 3 N–H and O–H groups in total. The maximum absolute atomic E-state index is 9.68. The van der Waals surface area contributed by atoms with Crippen molar-refractivity contribution < 1.29 is 15.3 Å². The number of phenols is 3. The second kappa shape index (κ2) is 5.75.